The van der Waals surface area contributed by atoms with E-state index in [1.165, 1.54) is 0 Å². The first-order chi connectivity index (χ1) is 14.6. The Morgan fingerprint density at radius 1 is 1.10 bits per heavy atom. The summed E-state index contributed by atoms with van der Waals surface area (Å²) in [6.07, 6.45) is 9.31. The smallest absolute Gasteiger partial charge is 0.222 e. The zero-order chi connectivity index (χ0) is 20.9. The molecule has 0 unspecified atom stereocenters. The number of hydrogen-bond acceptors (Lipinski definition) is 6. The molecular formula is C23H32N4O3. The van der Waals surface area contributed by atoms with Crippen LogP contribution in [0, 0.1) is 13.8 Å². The quantitative estimate of drug-likeness (QED) is 0.726. The van der Waals surface area contributed by atoms with Crippen LogP contribution in [0.15, 0.2) is 29.0 Å². The predicted octanol–water partition coefficient (Wildman–Crippen LogP) is 3.15. The number of pyridine rings is 1. The number of rotatable bonds is 6. The van der Waals surface area contributed by atoms with Crippen molar-refractivity contribution in [1.82, 2.24) is 19.9 Å². The fourth-order valence-corrected chi connectivity index (χ4v) is 4.70. The number of nitrogens with zero attached hydrogens (tertiary/aromatic N) is 4. The highest BCUT2D eigenvalue weighted by Gasteiger charge is 2.30. The van der Waals surface area contributed by atoms with Gasteiger partial charge in [0.15, 0.2) is 0 Å². The summed E-state index contributed by atoms with van der Waals surface area (Å²) in [5, 5.41) is 3.98. The summed E-state index contributed by atoms with van der Waals surface area (Å²) in [4.78, 5) is 21.3. The summed E-state index contributed by atoms with van der Waals surface area (Å²) in [5.74, 6) is 1.99. The van der Waals surface area contributed by atoms with E-state index in [1.54, 1.807) is 12.4 Å². The molecule has 162 valence electrons. The standard InChI is InChI=1S/C23H32N4O3/c1-17-22(18(2)30-25-17)3-4-23(28)27-13-7-19(8-14-27)26-15-9-21(10-16-26)29-20-5-11-24-12-6-20/h5-6,11-12,19,21H,3-4,7-10,13-16H2,1-2H3. The summed E-state index contributed by atoms with van der Waals surface area (Å²) in [6, 6.07) is 4.42. The van der Waals surface area contributed by atoms with Crippen LogP contribution in [-0.4, -0.2) is 64.2 Å². The van der Waals surface area contributed by atoms with E-state index in [0.29, 0.717) is 18.9 Å². The highest BCUT2D eigenvalue weighted by atomic mass is 16.5. The Balaban J connectivity index is 1.18. The van der Waals surface area contributed by atoms with Gasteiger partial charge in [-0.15, -0.1) is 0 Å². The molecule has 0 atom stereocenters. The number of hydrogen-bond donors (Lipinski definition) is 0. The Hall–Kier alpha value is -2.41. The molecule has 2 saturated heterocycles. The van der Waals surface area contributed by atoms with Gasteiger partial charge in [0.2, 0.25) is 5.91 Å². The highest BCUT2D eigenvalue weighted by Crippen LogP contribution is 2.24. The van der Waals surface area contributed by atoms with Gasteiger partial charge in [-0.1, -0.05) is 5.16 Å². The molecule has 2 fully saturated rings. The second-order valence-corrected chi connectivity index (χ2v) is 8.45. The molecule has 4 heterocycles. The van der Waals surface area contributed by atoms with Crippen molar-refractivity contribution in [3.05, 3.63) is 41.5 Å². The van der Waals surface area contributed by atoms with Crippen molar-refractivity contribution in [3.63, 3.8) is 0 Å². The second-order valence-electron chi connectivity index (χ2n) is 8.45. The van der Waals surface area contributed by atoms with Crippen molar-refractivity contribution >= 4 is 5.91 Å². The molecule has 1 amide bonds. The largest absolute Gasteiger partial charge is 0.490 e. The van der Waals surface area contributed by atoms with Gasteiger partial charge in [-0.25, -0.2) is 0 Å². The number of amides is 1. The lowest BCUT2D eigenvalue weighted by Gasteiger charge is -2.41. The van der Waals surface area contributed by atoms with E-state index in [0.717, 1.165) is 74.6 Å². The van der Waals surface area contributed by atoms with Gasteiger partial charge in [-0.3, -0.25) is 14.7 Å². The van der Waals surface area contributed by atoms with E-state index < -0.39 is 0 Å². The van der Waals surface area contributed by atoms with Gasteiger partial charge in [0.25, 0.3) is 0 Å². The Bertz CT molecular complexity index is 803. The number of aryl methyl sites for hydroxylation is 2. The first-order valence-electron chi connectivity index (χ1n) is 11.1. The molecule has 0 aromatic carbocycles. The molecule has 0 radical (unpaired) electrons. The lowest BCUT2D eigenvalue weighted by molar-refractivity contribution is -0.132. The van der Waals surface area contributed by atoms with Crippen LogP contribution in [0.4, 0.5) is 0 Å². The average Bonchev–Trinajstić information content (AvgIpc) is 3.11. The van der Waals surface area contributed by atoms with Crippen molar-refractivity contribution in [2.45, 2.75) is 64.5 Å². The maximum absolute atomic E-state index is 12.7. The molecule has 2 aromatic heterocycles. The SMILES string of the molecule is Cc1noc(C)c1CCC(=O)N1CCC(N2CCC(Oc3ccncc3)CC2)CC1. The molecule has 0 saturated carbocycles. The first kappa shape index (κ1) is 20.8. The monoisotopic (exact) mass is 412 g/mol. The van der Waals surface area contributed by atoms with Crippen molar-refractivity contribution in [3.8, 4) is 5.75 Å². The van der Waals surface area contributed by atoms with Gasteiger partial charge in [0.05, 0.1) is 5.69 Å². The minimum Gasteiger partial charge on any atom is -0.490 e. The topological polar surface area (TPSA) is 71.7 Å². The van der Waals surface area contributed by atoms with Crippen molar-refractivity contribution in [1.29, 1.82) is 0 Å². The third-order valence-corrected chi connectivity index (χ3v) is 6.53. The van der Waals surface area contributed by atoms with Crippen LogP contribution in [0.3, 0.4) is 0 Å². The molecule has 2 aromatic rings. The lowest BCUT2D eigenvalue weighted by atomic mass is 9.98. The zero-order valence-corrected chi connectivity index (χ0v) is 18.0. The van der Waals surface area contributed by atoms with Crippen LogP contribution in [0.1, 0.15) is 49.1 Å². The zero-order valence-electron chi connectivity index (χ0n) is 18.0. The number of carbonyl (C=O) groups excluding carboxylic acids is 1. The molecular weight excluding hydrogens is 380 g/mol. The number of ether oxygens (including phenoxy) is 1. The number of piperidine rings is 2. The van der Waals surface area contributed by atoms with Gasteiger partial charge in [-0.2, -0.15) is 0 Å². The van der Waals surface area contributed by atoms with E-state index in [2.05, 4.69) is 15.0 Å². The summed E-state index contributed by atoms with van der Waals surface area (Å²) in [7, 11) is 0. The summed E-state index contributed by atoms with van der Waals surface area (Å²) in [6.45, 7) is 7.71. The Kier molecular flexibility index (Phi) is 6.67. The fourth-order valence-electron chi connectivity index (χ4n) is 4.70. The van der Waals surface area contributed by atoms with Crippen LogP contribution >= 0.6 is 0 Å². The Labute approximate surface area is 178 Å². The van der Waals surface area contributed by atoms with Crippen molar-refractivity contribution < 1.29 is 14.1 Å². The van der Waals surface area contributed by atoms with E-state index in [4.69, 9.17) is 9.26 Å². The van der Waals surface area contributed by atoms with Crippen LogP contribution < -0.4 is 4.74 Å². The molecule has 4 rings (SSSR count). The lowest BCUT2D eigenvalue weighted by Crippen LogP contribution is -2.50. The third-order valence-electron chi connectivity index (χ3n) is 6.53. The first-order valence-corrected chi connectivity index (χ1v) is 11.1. The minimum absolute atomic E-state index is 0.248. The van der Waals surface area contributed by atoms with E-state index >= 15 is 0 Å². The fraction of sp³-hybridized carbons (Fsp3) is 0.609. The van der Waals surface area contributed by atoms with E-state index in [1.807, 2.05) is 30.9 Å². The summed E-state index contributed by atoms with van der Waals surface area (Å²) >= 11 is 0. The maximum atomic E-state index is 12.7. The third kappa shape index (κ3) is 5.01. The van der Waals surface area contributed by atoms with Crippen LogP contribution in [0.5, 0.6) is 5.75 Å². The molecule has 30 heavy (non-hydrogen) atoms. The number of aromatic nitrogens is 2. The number of likely N-dealkylation sites (tertiary alicyclic amines) is 2. The Morgan fingerprint density at radius 2 is 1.80 bits per heavy atom. The van der Waals surface area contributed by atoms with Crippen molar-refractivity contribution in [2.75, 3.05) is 26.2 Å². The molecule has 0 spiro atoms. The van der Waals surface area contributed by atoms with Gasteiger partial charge in [-0.05, 0) is 58.1 Å². The van der Waals surface area contributed by atoms with Crippen molar-refractivity contribution in [2.24, 2.45) is 0 Å². The summed E-state index contributed by atoms with van der Waals surface area (Å²) in [5.41, 5.74) is 1.98. The highest BCUT2D eigenvalue weighted by molar-refractivity contribution is 5.76. The van der Waals surface area contributed by atoms with Gasteiger partial charge in [0, 0.05) is 56.6 Å². The van der Waals surface area contributed by atoms with E-state index in [-0.39, 0.29) is 12.0 Å². The minimum atomic E-state index is 0.248. The normalized spacial score (nSPS) is 19.2. The van der Waals surface area contributed by atoms with Crippen LogP contribution in [0.2, 0.25) is 0 Å². The molecule has 2 aliphatic heterocycles. The van der Waals surface area contributed by atoms with Gasteiger partial charge in [0.1, 0.15) is 17.6 Å². The molecule has 0 aliphatic carbocycles. The average molecular weight is 413 g/mol. The predicted molar refractivity (Wildman–Crippen MR) is 113 cm³/mol. The van der Waals surface area contributed by atoms with E-state index in [9.17, 15) is 4.79 Å². The van der Waals surface area contributed by atoms with Crippen LogP contribution in [0.25, 0.3) is 0 Å². The van der Waals surface area contributed by atoms with Gasteiger partial charge < -0.3 is 14.2 Å². The number of carbonyl (C=O) groups is 1. The Morgan fingerprint density at radius 3 is 2.43 bits per heavy atom. The molecule has 0 N–H and O–H groups in total. The second kappa shape index (κ2) is 9.60. The molecule has 2 aliphatic rings. The molecule has 0 bridgehead atoms. The maximum Gasteiger partial charge on any atom is 0.222 e. The molecule has 7 heteroatoms. The van der Waals surface area contributed by atoms with Gasteiger partial charge >= 0.3 is 0 Å². The summed E-state index contributed by atoms with van der Waals surface area (Å²) < 4.78 is 11.3. The van der Waals surface area contributed by atoms with Crippen LogP contribution in [-0.2, 0) is 11.2 Å². The molecule has 7 nitrogen and oxygen atoms in total.